The minimum atomic E-state index is -0.0452. The number of amides is 1. The van der Waals surface area contributed by atoms with E-state index in [1.807, 2.05) is 25.8 Å². The third kappa shape index (κ3) is 5.60. The molecule has 1 unspecified atom stereocenters. The molecule has 4 nitrogen and oxygen atoms in total. The lowest BCUT2D eigenvalue weighted by Gasteiger charge is -2.21. The van der Waals surface area contributed by atoms with Gasteiger partial charge in [-0.2, -0.15) is 0 Å². The summed E-state index contributed by atoms with van der Waals surface area (Å²) in [6.07, 6.45) is 0.442. The lowest BCUT2D eigenvalue weighted by Crippen LogP contribution is -2.38. The Balaban J connectivity index is 3.84. The molecule has 0 spiro atoms. The SMILES string of the molecule is CCN(CCNC)C(=O)CC(C)N. The normalized spacial score (nSPS) is 12.6. The molecule has 0 aliphatic carbocycles. The highest BCUT2D eigenvalue weighted by Crippen LogP contribution is 1.95. The minimum absolute atomic E-state index is 0.0452. The number of nitrogens with zero attached hydrogens (tertiary/aromatic N) is 1. The van der Waals surface area contributed by atoms with Gasteiger partial charge < -0.3 is 16.0 Å². The monoisotopic (exact) mass is 187 g/mol. The van der Waals surface area contributed by atoms with E-state index in [1.165, 1.54) is 0 Å². The van der Waals surface area contributed by atoms with E-state index < -0.39 is 0 Å². The van der Waals surface area contributed by atoms with Crippen molar-refractivity contribution in [2.24, 2.45) is 5.73 Å². The zero-order valence-electron chi connectivity index (χ0n) is 8.84. The molecule has 0 heterocycles. The second kappa shape index (κ2) is 6.86. The summed E-state index contributed by atoms with van der Waals surface area (Å²) in [6.45, 7) is 6.18. The van der Waals surface area contributed by atoms with Crippen LogP contribution in [0.2, 0.25) is 0 Å². The van der Waals surface area contributed by atoms with Gasteiger partial charge in [0.15, 0.2) is 0 Å². The molecule has 0 rings (SSSR count). The zero-order valence-corrected chi connectivity index (χ0v) is 8.84. The Labute approximate surface area is 80.5 Å². The van der Waals surface area contributed by atoms with Crippen LogP contribution in [0.4, 0.5) is 0 Å². The topological polar surface area (TPSA) is 58.4 Å². The molecule has 0 aliphatic rings. The van der Waals surface area contributed by atoms with Gasteiger partial charge in [0, 0.05) is 32.1 Å². The van der Waals surface area contributed by atoms with E-state index >= 15 is 0 Å². The summed E-state index contributed by atoms with van der Waals surface area (Å²) in [5.74, 6) is 0.146. The fourth-order valence-electron chi connectivity index (χ4n) is 1.11. The number of nitrogens with two attached hydrogens (primary N) is 1. The predicted octanol–water partition coefficient (Wildman–Crippen LogP) is -0.208. The van der Waals surface area contributed by atoms with Crippen LogP contribution >= 0.6 is 0 Å². The predicted molar refractivity (Wildman–Crippen MR) is 54.4 cm³/mol. The lowest BCUT2D eigenvalue weighted by molar-refractivity contribution is -0.131. The molecule has 0 radical (unpaired) electrons. The molecule has 0 saturated heterocycles. The number of hydrogen-bond acceptors (Lipinski definition) is 3. The first kappa shape index (κ1) is 12.4. The Morgan fingerprint density at radius 1 is 1.62 bits per heavy atom. The van der Waals surface area contributed by atoms with Gasteiger partial charge in [0.2, 0.25) is 5.91 Å². The van der Waals surface area contributed by atoms with Crippen LogP contribution in [-0.2, 0) is 4.79 Å². The molecule has 78 valence electrons. The molecule has 4 heteroatoms. The van der Waals surface area contributed by atoms with Crippen LogP contribution < -0.4 is 11.1 Å². The summed E-state index contributed by atoms with van der Waals surface area (Å²) in [6, 6.07) is -0.0452. The Morgan fingerprint density at radius 2 is 2.23 bits per heavy atom. The van der Waals surface area contributed by atoms with Gasteiger partial charge in [-0.25, -0.2) is 0 Å². The molecule has 13 heavy (non-hydrogen) atoms. The Bertz CT molecular complexity index is 148. The van der Waals surface area contributed by atoms with Gasteiger partial charge in [-0.3, -0.25) is 4.79 Å². The van der Waals surface area contributed by atoms with E-state index in [4.69, 9.17) is 5.73 Å². The summed E-state index contributed by atoms with van der Waals surface area (Å²) < 4.78 is 0. The van der Waals surface area contributed by atoms with E-state index in [0.29, 0.717) is 6.42 Å². The maximum Gasteiger partial charge on any atom is 0.224 e. The smallest absolute Gasteiger partial charge is 0.224 e. The van der Waals surface area contributed by atoms with Crippen LogP contribution in [0.3, 0.4) is 0 Å². The first-order valence-electron chi connectivity index (χ1n) is 4.79. The second-order valence-corrected chi connectivity index (χ2v) is 3.26. The van der Waals surface area contributed by atoms with Crippen molar-refractivity contribution in [3.63, 3.8) is 0 Å². The number of carbonyl (C=O) groups excluding carboxylic acids is 1. The first-order valence-corrected chi connectivity index (χ1v) is 4.79. The molecular weight excluding hydrogens is 166 g/mol. The van der Waals surface area contributed by atoms with Crippen LogP contribution in [0.5, 0.6) is 0 Å². The molecule has 0 aromatic carbocycles. The van der Waals surface area contributed by atoms with Gasteiger partial charge in [0.05, 0.1) is 0 Å². The van der Waals surface area contributed by atoms with Crippen LogP contribution in [0.25, 0.3) is 0 Å². The largest absolute Gasteiger partial charge is 0.342 e. The molecule has 1 amide bonds. The maximum atomic E-state index is 11.5. The van der Waals surface area contributed by atoms with Crippen molar-refractivity contribution in [1.82, 2.24) is 10.2 Å². The van der Waals surface area contributed by atoms with Gasteiger partial charge in [-0.1, -0.05) is 0 Å². The molecule has 0 bridgehead atoms. The Morgan fingerprint density at radius 3 is 2.62 bits per heavy atom. The summed E-state index contributed by atoms with van der Waals surface area (Å²) in [5, 5.41) is 3.02. The quantitative estimate of drug-likeness (QED) is 0.605. The van der Waals surface area contributed by atoms with E-state index in [2.05, 4.69) is 5.32 Å². The van der Waals surface area contributed by atoms with Crippen molar-refractivity contribution < 1.29 is 4.79 Å². The van der Waals surface area contributed by atoms with Crippen molar-refractivity contribution in [3.8, 4) is 0 Å². The highest BCUT2D eigenvalue weighted by molar-refractivity contribution is 5.76. The molecule has 1 atom stereocenters. The van der Waals surface area contributed by atoms with Gasteiger partial charge in [0.1, 0.15) is 0 Å². The van der Waals surface area contributed by atoms with Gasteiger partial charge in [0.25, 0.3) is 0 Å². The van der Waals surface area contributed by atoms with Crippen molar-refractivity contribution in [3.05, 3.63) is 0 Å². The van der Waals surface area contributed by atoms with E-state index in [-0.39, 0.29) is 11.9 Å². The molecule has 0 fully saturated rings. The van der Waals surface area contributed by atoms with Gasteiger partial charge in [-0.05, 0) is 20.9 Å². The fraction of sp³-hybridized carbons (Fsp3) is 0.889. The van der Waals surface area contributed by atoms with E-state index in [9.17, 15) is 4.79 Å². The van der Waals surface area contributed by atoms with Crippen LogP contribution in [0.1, 0.15) is 20.3 Å². The summed E-state index contributed by atoms with van der Waals surface area (Å²) in [4.78, 5) is 13.3. The van der Waals surface area contributed by atoms with Crippen molar-refractivity contribution in [2.45, 2.75) is 26.3 Å². The number of hydrogen-bond donors (Lipinski definition) is 2. The van der Waals surface area contributed by atoms with Crippen LogP contribution in [-0.4, -0.2) is 43.5 Å². The van der Waals surface area contributed by atoms with Crippen molar-refractivity contribution in [1.29, 1.82) is 0 Å². The van der Waals surface area contributed by atoms with Crippen molar-refractivity contribution >= 4 is 5.91 Å². The van der Waals surface area contributed by atoms with Gasteiger partial charge >= 0.3 is 0 Å². The van der Waals surface area contributed by atoms with Gasteiger partial charge in [-0.15, -0.1) is 0 Å². The highest BCUT2D eigenvalue weighted by Gasteiger charge is 2.12. The summed E-state index contributed by atoms with van der Waals surface area (Å²) >= 11 is 0. The highest BCUT2D eigenvalue weighted by atomic mass is 16.2. The zero-order chi connectivity index (χ0) is 10.3. The Kier molecular flexibility index (Phi) is 6.54. The molecule has 0 saturated carbocycles. The standard InChI is InChI=1S/C9H21N3O/c1-4-12(6-5-11-3)9(13)7-8(2)10/h8,11H,4-7,10H2,1-3H3. The van der Waals surface area contributed by atoms with E-state index in [1.54, 1.807) is 0 Å². The molecule has 0 aromatic rings. The third-order valence-corrected chi connectivity index (χ3v) is 1.86. The van der Waals surface area contributed by atoms with Crippen LogP contribution in [0, 0.1) is 0 Å². The lowest BCUT2D eigenvalue weighted by atomic mass is 10.2. The maximum absolute atomic E-state index is 11.5. The van der Waals surface area contributed by atoms with Crippen molar-refractivity contribution in [2.75, 3.05) is 26.7 Å². The average Bonchev–Trinajstić information content (AvgIpc) is 2.04. The molecule has 0 aliphatic heterocycles. The summed E-state index contributed by atoms with van der Waals surface area (Å²) in [7, 11) is 1.88. The molecule has 0 aromatic heterocycles. The summed E-state index contributed by atoms with van der Waals surface area (Å²) in [5.41, 5.74) is 5.55. The molecule has 3 N–H and O–H groups in total. The second-order valence-electron chi connectivity index (χ2n) is 3.26. The number of rotatable bonds is 6. The third-order valence-electron chi connectivity index (χ3n) is 1.86. The first-order chi connectivity index (χ1) is 6.11. The van der Waals surface area contributed by atoms with E-state index in [0.717, 1.165) is 19.6 Å². The number of nitrogens with one attached hydrogen (secondary N) is 1. The Hall–Kier alpha value is -0.610. The average molecular weight is 187 g/mol. The number of likely N-dealkylation sites (N-methyl/N-ethyl adjacent to an activating group) is 2. The fourth-order valence-corrected chi connectivity index (χ4v) is 1.11. The molecular formula is C9H21N3O. The number of carbonyl (C=O) groups is 1. The minimum Gasteiger partial charge on any atom is -0.342 e. The van der Waals surface area contributed by atoms with Crippen LogP contribution in [0.15, 0.2) is 0 Å².